The fourth-order valence-electron chi connectivity index (χ4n) is 2.72. The maximum Gasteiger partial charge on any atom is 0.341 e. The van der Waals surface area contributed by atoms with E-state index in [9.17, 15) is 14.4 Å². The van der Waals surface area contributed by atoms with Crippen LogP contribution < -0.4 is 10.6 Å². The van der Waals surface area contributed by atoms with Crippen LogP contribution in [0.2, 0.25) is 0 Å². The van der Waals surface area contributed by atoms with E-state index in [2.05, 4.69) is 10.6 Å². The van der Waals surface area contributed by atoms with Crippen LogP contribution in [-0.2, 0) is 14.3 Å². The van der Waals surface area contributed by atoms with E-state index in [-0.39, 0.29) is 31.2 Å². The van der Waals surface area contributed by atoms with Crippen LogP contribution in [0.25, 0.3) is 0 Å². The van der Waals surface area contributed by atoms with Crippen molar-refractivity contribution in [2.75, 3.05) is 37.4 Å². The van der Waals surface area contributed by atoms with Gasteiger partial charge in [0.05, 0.1) is 18.7 Å². The number of rotatable bonds is 9. The van der Waals surface area contributed by atoms with Crippen molar-refractivity contribution >= 4 is 29.2 Å². The smallest absolute Gasteiger partial charge is 0.341 e. The predicted molar refractivity (Wildman–Crippen MR) is 114 cm³/mol. The van der Waals surface area contributed by atoms with Gasteiger partial charge in [-0.25, -0.2) is 4.79 Å². The minimum Gasteiger partial charge on any atom is -0.449 e. The Bertz CT molecular complexity index is 883. The van der Waals surface area contributed by atoms with Crippen LogP contribution in [0.1, 0.15) is 22.8 Å². The van der Waals surface area contributed by atoms with Crippen LogP contribution in [0, 0.1) is 6.92 Å². The highest BCUT2D eigenvalue weighted by molar-refractivity contribution is 5.98. The molecule has 0 aliphatic rings. The molecule has 0 fully saturated rings. The average Bonchev–Trinajstić information content (AvgIpc) is 2.73. The van der Waals surface area contributed by atoms with E-state index < -0.39 is 18.0 Å². The molecule has 2 aromatic rings. The van der Waals surface area contributed by atoms with E-state index in [0.29, 0.717) is 11.4 Å². The van der Waals surface area contributed by atoms with Crippen molar-refractivity contribution in [2.24, 2.45) is 0 Å². The first kappa shape index (κ1) is 22.9. The van der Waals surface area contributed by atoms with Gasteiger partial charge in [-0.05, 0) is 38.1 Å². The Morgan fingerprint density at radius 1 is 1.10 bits per heavy atom. The Kier molecular flexibility index (Phi) is 8.37. The molecule has 0 heterocycles. The molecule has 2 aromatic carbocycles. The second kappa shape index (κ2) is 11.0. The van der Waals surface area contributed by atoms with E-state index in [1.54, 1.807) is 36.4 Å². The normalized spacial score (nSPS) is 11.3. The molecule has 0 aliphatic heterocycles. The number of aryl methyl sites for hydroxylation is 1. The molecule has 0 radical (unpaired) electrons. The number of carbonyl (C=O) groups is 3. The van der Waals surface area contributed by atoms with Gasteiger partial charge in [-0.1, -0.05) is 29.8 Å². The molecule has 0 saturated carbocycles. The summed E-state index contributed by atoms with van der Waals surface area (Å²) < 4.78 is 5.29. The largest absolute Gasteiger partial charge is 0.449 e. The van der Waals surface area contributed by atoms with E-state index in [1.165, 1.54) is 18.9 Å². The third-order valence-electron chi connectivity index (χ3n) is 4.30. The zero-order chi connectivity index (χ0) is 22.1. The minimum atomic E-state index is -1.07. The predicted octanol–water partition coefficient (Wildman–Crippen LogP) is 2.04. The van der Waals surface area contributed by atoms with Crippen molar-refractivity contribution in [3.63, 3.8) is 0 Å². The molecule has 0 spiro atoms. The summed E-state index contributed by atoms with van der Waals surface area (Å²) in [6.45, 7) is 3.41. The van der Waals surface area contributed by atoms with Crippen LogP contribution in [0.5, 0.6) is 0 Å². The average molecular weight is 413 g/mol. The molecule has 30 heavy (non-hydrogen) atoms. The standard InChI is InChI=1S/C22H27N3O5/c1-15-8-10-17(11-9-15)24-20(27)14-25(3)21(28)16(2)30-22(29)18-6-4-5-7-19(18)23-12-13-26/h4-11,16,23,26H,12-14H2,1-3H3,(H,24,27)/t16-/m1/s1. The minimum absolute atomic E-state index is 0.0896. The summed E-state index contributed by atoms with van der Waals surface area (Å²) >= 11 is 0. The van der Waals surface area contributed by atoms with Crippen molar-refractivity contribution in [3.05, 3.63) is 59.7 Å². The molecular weight excluding hydrogens is 386 g/mol. The summed E-state index contributed by atoms with van der Waals surface area (Å²) in [5.74, 6) is -1.52. The summed E-state index contributed by atoms with van der Waals surface area (Å²) in [6, 6.07) is 14.0. The lowest BCUT2D eigenvalue weighted by atomic mass is 10.1. The van der Waals surface area contributed by atoms with Crippen molar-refractivity contribution in [2.45, 2.75) is 20.0 Å². The molecule has 8 heteroatoms. The molecule has 2 amide bonds. The summed E-state index contributed by atoms with van der Waals surface area (Å²) in [5.41, 5.74) is 2.47. The topological polar surface area (TPSA) is 108 Å². The van der Waals surface area contributed by atoms with Gasteiger partial charge >= 0.3 is 5.97 Å². The number of esters is 1. The van der Waals surface area contributed by atoms with Crippen molar-refractivity contribution < 1.29 is 24.2 Å². The maximum atomic E-state index is 12.5. The Morgan fingerprint density at radius 3 is 2.43 bits per heavy atom. The van der Waals surface area contributed by atoms with E-state index in [4.69, 9.17) is 9.84 Å². The maximum absolute atomic E-state index is 12.5. The molecule has 0 saturated heterocycles. The zero-order valence-electron chi connectivity index (χ0n) is 17.3. The van der Waals surface area contributed by atoms with Crippen molar-refractivity contribution in [1.82, 2.24) is 4.90 Å². The quantitative estimate of drug-likeness (QED) is 0.543. The SMILES string of the molecule is Cc1ccc(NC(=O)CN(C)C(=O)[C@@H](C)OC(=O)c2ccccc2NCCO)cc1. The number of para-hydroxylation sites is 1. The number of hydrogen-bond acceptors (Lipinski definition) is 6. The van der Waals surface area contributed by atoms with Crippen LogP contribution >= 0.6 is 0 Å². The molecule has 0 aromatic heterocycles. The second-order valence-electron chi connectivity index (χ2n) is 6.85. The summed E-state index contributed by atoms with van der Waals surface area (Å²) in [7, 11) is 1.47. The Labute approximate surface area is 175 Å². The molecule has 2 rings (SSSR count). The second-order valence-corrected chi connectivity index (χ2v) is 6.85. The molecule has 3 N–H and O–H groups in total. The Hall–Kier alpha value is -3.39. The van der Waals surface area contributed by atoms with Crippen molar-refractivity contribution in [1.29, 1.82) is 0 Å². The lowest BCUT2D eigenvalue weighted by molar-refractivity contribution is -0.140. The summed E-state index contributed by atoms with van der Waals surface area (Å²) in [4.78, 5) is 38.4. The first-order chi connectivity index (χ1) is 14.3. The Morgan fingerprint density at radius 2 is 1.77 bits per heavy atom. The van der Waals surface area contributed by atoms with Gasteiger partial charge in [-0.2, -0.15) is 0 Å². The number of anilines is 2. The number of benzene rings is 2. The fraction of sp³-hybridized carbons (Fsp3) is 0.318. The van der Waals surface area contributed by atoms with Crippen LogP contribution in [0.15, 0.2) is 48.5 Å². The van der Waals surface area contributed by atoms with E-state index in [0.717, 1.165) is 5.56 Å². The molecule has 8 nitrogen and oxygen atoms in total. The number of aliphatic hydroxyl groups is 1. The van der Waals surface area contributed by atoms with E-state index >= 15 is 0 Å². The molecule has 0 bridgehead atoms. The lowest BCUT2D eigenvalue weighted by Gasteiger charge is -2.21. The number of nitrogens with zero attached hydrogens (tertiary/aromatic N) is 1. The van der Waals surface area contributed by atoms with Crippen LogP contribution in [-0.4, -0.2) is 60.6 Å². The monoisotopic (exact) mass is 413 g/mol. The van der Waals surface area contributed by atoms with Gasteiger partial charge < -0.3 is 25.4 Å². The molecule has 1 atom stereocenters. The van der Waals surface area contributed by atoms with Gasteiger partial charge in [-0.3, -0.25) is 9.59 Å². The van der Waals surface area contributed by atoms with Gasteiger partial charge in [0.2, 0.25) is 5.91 Å². The number of aliphatic hydroxyl groups excluding tert-OH is 1. The molecule has 160 valence electrons. The molecule has 0 aliphatic carbocycles. The summed E-state index contributed by atoms with van der Waals surface area (Å²) in [6.07, 6.45) is -1.07. The van der Waals surface area contributed by atoms with Crippen LogP contribution in [0.3, 0.4) is 0 Å². The molecular formula is C22H27N3O5. The first-order valence-corrected chi connectivity index (χ1v) is 9.58. The number of hydrogen-bond donors (Lipinski definition) is 3. The third kappa shape index (κ3) is 6.59. The summed E-state index contributed by atoms with van der Waals surface area (Å²) in [5, 5.41) is 14.6. The highest BCUT2D eigenvalue weighted by Crippen LogP contribution is 2.17. The zero-order valence-corrected chi connectivity index (χ0v) is 17.3. The highest BCUT2D eigenvalue weighted by Gasteiger charge is 2.24. The Balaban J connectivity index is 1.92. The molecule has 0 unspecified atom stereocenters. The first-order valence-electron chi connectivity index (χ1n) is 9.58. The lowest BCUT2D eigenvalue weighted by Crippen LogP contribution is -2.41. The number of ether oxygens (including phenoxy) is 1. The van der Waals surface area contributed by atoms with Gasteiger partial charge in [-0.15, -0.1) is 0 Å². The van der Waals surface area contributed by atoms with Crippen LogP contribution in [0.4, 0.5) is 11.4 Å². The number of amides is 2. The number of likely N-dealkylation sites (N-methyl/N-ethyl adjacent to an activating group) is 1. The van der Waals surface area contributed by atoms with Crippen molar-refractivity contribution in [3.8, 4) is 0 Å². The van der Waals surface area contributed by atoms with E-state index in [1.807, 2.05) is 19.1 Å². The highest BCUT2D eigenvalue weighted by atomic mass is 16.5. The van der Waals surface area contributed by atoms with Gasteiger partial charge in [0.1, 0.15) is 0 Å². The third-order valence-corrected chi connectivity index (χ3v) is 4.30. The fourth-order valence-corrected chi connectivity index (χ4v) is 2.72. The van der Waals surface area contributed by atoms with Gasteiger partial charge in [0, 0.05) is 25.0 Å². The number of carbonyl (C=O) groups excluding carboxylic acids is 3. The van der Waals surface area contributed by atoms with Gasteiger partial charge in [0.25, 0.3) is 5.91 Å². The van der Waals surface area contributed by atoms with Gasteiger partial charge in [0.15, 0.2) is 6.10 Å². The number of nitrogens with one attached hydrogen (secondary N) is 2.